The molecule has 5 nitrogen and oxygen atoms in total. The maximum Gasteiger partial charge on any atom is 0.237 e. The van der Waals surface area contributed by atoms with E-state index in [0.29, 0.717) is 6.04 Å². The highest BCUT2D eigenvalue weighted by Crippen LogP contribution is 2.37. The van der Waals surface area contributed by atoms with E-state index in [0.717, 1.165) is 29.3 Å². The number of rotatable bonds is 4. The monoisotopic (exact) mass is 374 g/mol. The maximum atomic E-state index is 12.0. The number of hydrogen-bond donors (Lipinski definition) is 2. The standard InChI is InChI=1S/C13H19IN4O/c14-9-7-16-18(8-9)11-2-1-5-13(6-11,12(15)19)17-10-3-4-10/h7-8,10-11,17H,1-6H2,(H2,15,19). The van der Waals surface area contributed by atoms with Crippen molar-refractivity contribution < 1.29 is 4.79 Å². The van der Waals surface area contributed by atoms with Gasteiger partial charge in [-0.2, -0.15) is 5.10 Å². The van der Waals surface area contributed by atoms with Crippen molar-refractivity contribution in [2.24, 2.45) is 5.73 Å². The lowest BCUT2D eigenvalue weighted by Gasteiger charge is -2.39. The molecule has 104 valence electrons. The first-order valence-corrected chi connectivity index (χ1v) is 7.94. The first-order valence-electron chi connectivity index (χ1n) is 6.86. The van der Waals surface area contributed by atoms with Gasteiger partial charge in [0.1, 0.15) is 0 Å². The Morgan fingerprint density at radius 2 is 2.32 bits per heavy atom. The van der Waals surface area contributed by atoms with Gasteiger partial charge < -0.3 is 11.1 Å². The molecule has 6 heteroatoms. The highest BCUT2D eigenvalue weighted by atomic mass is 127. The van der Waals surface area contributed by atoms with Crippen LogP contribution in [0.15, 0.2) is 12.4 Å². The van der Waals surface area contributed by atoms with Crippen LogP contribution in [0.2, 0.25) is 0 Å². The molecule has 2 aliphatic rings. The van der Waals surface area contributed by atoms with Crippen molar-refractivity contribution >= 4 is 28.5 Å². The number of nitrogens with zero attached hydrogens (tertiary/aromatic N) is 2. The molecule has 19 heavy (non-hydrogen) atoms. The first-order chi connectivity index (χ1) is 9.09. The summed E-state index contributed by atoms with van der Waals surface area (Å²) in [6.07, 6.45) is 9.93. The van der Waals surface area contributed by atoms with Crippen LogP contribution in [0, 0.1) is 3.57 Å². The molecule has 0 saturated heterocycles. The molecule has 3 N–H and O–H groups in total. The van der Waals surface area contributed by atoms with Crippen LogP contribution in [0.3, 0.4) is 0 Å². The van der Waals surface area contributed by atoms with Gasteiger partial charge in [0.05, 0.1) is 21.3 Å². The molecule has 0 radical (unpaired) electrons. The summed E-state index contributed by atoms with van der Waals surface area (Å²) in [6.45, 7) is 0. The number of carbonyl (C=O) groups is 1. The highest BCUT2D eigenvalue weighted by Gasteiger charge is 2.45. The zero-order valence-electron chi connectivity index (χ0n) is 10.8. The lowest BCUT2D eigenvalue weighted by molar-refractivity contribution is -0.126. The quantitative estimate of drug-likeness (QED) is 0.786. The van der Waals surface area contributed by atoms with Gasteiger partial charge in [0.15, 0.2) is 0 Å². The van der Waals surface area contributed by atoms with E-state index in [1.165, 1.54) is 12.8 Å². The van der Waals surface area contributed by atoms with Crippen LogP contribution in [-0.2, 0) is 4.79 Å². The number of hydrogen-bond acceptors (Lipinski definition) is 3. The van der Waals surface area contributed by atoms with Crippen molar-refractivity contribution in [2.45, 2.75) is 56.1 Å². The van der Waals surface area contributed by atoms with Crippen molar-refractivity contribution in [3.8, 4) is 0 Å². The summed E-state index contributed by atoms with van der Waals surface area (Å²) in [6, 6.07) is 0.764. The van der Waals surface area contributed by atoms with E-state index in [-0.39, 0.29) is 11.9 Å². The summed E-state index contributed by atoms with van der Waals surface area (Å²) < 4.78 is 3.12. The Morgan fingerprint density at radius 3 is 2.89 bits per heavy atom. The van der Waals surface area contributed by atoms with Crippen molar-refractivity contribution in [2.75, 3.05) is 0 Å². The molecule has 1 amide bonds. The number of nitrogens with one attached hydrogen (secondary N) is 1. The van der Waals surface area contributed by atoms with Crippen molar-refractivity contribution in [1.29, 1.82) is 0 Å². The van der Waals surface area contributed by atoms with E-state index in [9.17, 15) is 4.79 Å². The van der Waals surface area contributed by atoms with Gasteiger partial charge in [-0.25, -0.2) is 0 Å². The fourth-order valence-electron chi connectivity index (χ4n) is 3.03. The topological polar surface area (TPSA) is 72.9 Å². The number of carbonyl (C=O) groups excluding carboxylic acids is 1. The second-order valence-electron chi connectivity index (χ2n) is 5.75. The molecule has 0 aliphatic heterocycles. The van der Waals surface area contributed by atoms with E-state index >= 15 is 0 Å². The van der Waals surface area contributed by atoms with Crippen molar-refractivity contribution in [3.05, 3.63) is 16.0 Å². The van der Waals surface area contributed by atoms with Crippen LogP contribution in [0.1, 0.15) is 44.6 Å². The number of halogens is 1. The second kappa shape index (κ2) is 5.05. The fraction of sp³-hybridized carbons (Fsp3) is 0.692. The molecule has 2 saturated carbocycles. The van der Waals surface area contributed by atoms with Gasteiger partial charge in [-0.05, 0) is 61.1 Å². The minimum atomic E-state index is -0.526. The Kier molecular flexibility index (Phi) is 3.55. The third-order valence-electron chi connectivity index (χ3n) is 4.20. The molecule has 1 aromatic heterocycles. The molecule has 3 rings (SSSR count). The zero-order chi connectivity index (χ0) is 13.5. The smallest absolute Gasteiger partial charge is 0.237 e. The van der Waals surface area contributed by atoms with Gasteiger partial charge in [0.2, 0.25) is 5.91 Å². The van der Waals surface area contributed by atoms with E-state index in [1.54, 1.807) is 0 Å². The molecule has 0 spiro atoms. The molecular formula is C13H19IN4O. The summed E-state index contributed by atoms with van der Waals surface area (Å²) in [5.41, 5.74) is 5.16. The molecule has 2 fully saturated rings. The predicted octanol–water partition coefficient (Wildman–Crippen LogP) is 1.58. The molecule has 0 bridgehead atoms. The molecule has 2 unspecified atom stereocenters. The van der Waals surface area contributed by atoms with Gasteiger partial charge in [-0.3, -0.25) is 9.48 Å². The number of amides is 1. The third-order valence-corrected chi connectivity index (χ3v) is 4.76. The molecule has 0 aromatic carbocycles. The normalized spacial score (nSPS) is 31.3. The summed E-state index contributed by atoms with van der Waals surface area (Å²) in [4.78, 5) is 12.0. The molecular weight excluding hydrogens is 355 g/mol. The Bertz CT molecular complexity index is 485. The van der Waals surface area contributed by atoms with E-state index in [1.807, 2.05) is 17.1 Å². The minimum absolute atomic E-state index is 0.203. The van der Waals surface area contributed by atoms with Crippen LogP contribution in [-0.4, -0.2) is 27.3 Å². The fourth-order valence-corrected chi connectivity index (χ4v) is 3.44. The van der Waals surface area contributed by atoms with Gasteiger partial charge in [0, 0.05) is 12.2 Å². The Balaban J connectivity index is 1.79. The van der Waals surface area contributed by atoms with E-state index in [2.05, 4.69) is 33.0 Å². The minimum Gasteiger partial charge on any atom is -0.368 e. The van der Waals surface area contributed by atoms with Gasteiger partial charge in [0.25, 0.3) is 0 Å². The number of primary amides is 1. The summed E-state index contributed by atoms with van der Waals surface area (Å²) in [5, 5.41) is 7.88. The first kappa shape index (κ1) is 13.4. The Morgan fingerprint density at radius 1 is 1.53 bits per heavy atom. The van der Waals surface area contributed by atoms with Gasteiger partial charge in [-0.15, -0.1) is 0 Å². The third kappa shape index (κ3) is 2.79. The largest absolute Gasteiger partial charge is 0.368 e. The lowest BCUT2D eigenvalue weighted by Crippen LogP contribution is -2.58. The number of nitrogens with two attached hydrogens (primary N) is 1. The van der Waals surface area contributed by atoms with Crippen LogP contribution in [0.4, 0.5) is 0 Å². The van der Waals surface area contributed by atoms with Crippen molar-refractivity contribution in [3.63, 3.8) is 0 Å². The second-order valence-corrected chi connectivity index (χ2v) is 7.00. The van der Waals surface area contributed by atoms with Gasteiger partial charge in [-0.1, -0.05) is 0 Å². The van der Waals surface area contributed by atoms with Crippen LogP contribution in [0.25, 0.3) is 0 Å². The molecule has 2 aliphatic carbocycles. The molecule has 2 atom stereocenters. The average molecular weight is 374 g/mol. The van der Waals surface area contributed by atoms with E-state index < -0.39 is 5.54 Å². The van der Waals surface area contributed by atoms with Crippen LogP contribution < -0.4 is 11.1 Å². The summed E-state index contributed by atoms with van der Waals surface area (Å²) in [5.74, 6) is -0.203. The summed E-state index contributed by atoms with van der Waals surface area (Å²) in [7, 11) is 0. The van der Waals surface area contributed by atoms with Gasteiger partial charge >= 0.3 is 0 Å². The van der Waals surface area contributed by atoms with Crippen LogP contribution in [0.5, 0.6) is 0 Å². The average Bonchev–Trinajstić information content (AvgIpc) is 3.08. The number of aromatic nitrogens is 2. The Hall–Kier alpha value is -0.630. The van der Waals surface area contributed by atoms with E-state index in [4.69, 9.17) is 5.73 Å². The Labute approximate surface area is 126 Å². The zero-order valence-corrected chi connectivity index (χ0v) is 13.0. The highest BCUT2D eigenvalue weighted by molar-refractivity contribution is 14.1. The molecule has 1 heterocycles. The summed E-state index contributed by atoms with van der Waals surface area (Å²) >= 11 is 2.26. The SMILES string of the molecule is NC(=O)C1(NC2CC2)CCCC(n2cc(I)cn2)C1. The van der Waals surface area contributed by atoms with Crippen molar-refractivity contribution in [1.82, 2.24) is 15.1 Å². The predicted molar refractivity (Wildman–Crippen MR) is 80.5 cm³/mol. The molecule has 1 aromatic rings. The lowest BCUT2D eigenvalue weighted by atomic mass is 9.78. The maximum absolute atomic E-state index is 12.0. The van der Waals surface area contributed by atoms with Crippen LogP contribution >= 0.6 is 22.6 Å².